The van der Waals surface area contributed by atoms with E-state index in [0.29, 0.717) is 12.1 Å². The molecular formula is C13H17F2N3O2. The number of nitrogens with one attached hydrogen (secondary N) is 1. The molecule has 0 amide bonds. The SMILES string of the molecule is CC1CC(Nc2cc([N+](=O)[O-])c(F)cc2F)CCN1C. The van der Waals surface area contributed by atoms with Gasteiger partial charge in [0.25, 0.3) is 0 Å². The number of rotatable bonds is 3. The van der Waals surface area contributed by atoms with Crippen molar-refractivity contribution in [3.8, 4) is 0 Å². The smallest absolute Gasteiger partial charge is 0.307 e. The lowest BCUT2D eigenvalue weighted by Crippen LogP contribution is -2.42. The number of likely N-dealkylation sites (tertiary alicyclic amines) is 1. The van der Waals surface area contributed by atoms with Crippen molar-refractivity contribution in [2.45, 2.75) is 31.8 Å². The Labute approximate surface area is 115 Å². The monoisotopic (exact) mass is 285 g/mol. The van der Waals surface area contributed by atoms with Crippen molar-refractivity contribution in [3.05, 3.63) is 33.9 Å². The summed E-state index contributed by atoms with van der Waals surface area (Å²) < 4.78 is 26.9. The topological polar surface area (TPSA) is 58.4 Å². The molecule has 1 saturated heterocycles. The van der Waals surface area contributed by atoms with Crippen LogP contribution in [-0.2, 0) is 0 Å². The quantitative estimate of drug-likeness (QED) is 0.685. The van der Waals surface area contributed by atoms with Gasteiger partial charge < -0.3 is 10.2 Å². The van der Waals surface area contributed by atoms with Gasteiger partial charge in [0.05, 0.1) is 10.6 Å². The molecule has 1 aromatic rings. The highest BCUT2D eigenvalue weighted by molar-refractivity contribution is 5.53. The number of hydrogen-bond acceptors (Lipinski definition) is 4. The zero-order valence-corrected chi connectivity index (χ0v) is 11.4. The van der Waals surface area contributed by atoms with E-state index in [0.717, 1.165) is 25.5 Å². The third-order valence-corrected chi connectivity index (χ3v) is 3.80. The van der Waals surface area contributed by atoms with Crippen LogP contribution in [-0.4, -0.2) is 35.5 Å². The second kappa shape index (κ2) is 5.70. The number of halogens is 2. The van der Waals surface area contributed by atoms with Crippen LogP contribution in [0.5, 0.6) is 0 Å². The maximum Gasteiger partial charge on any atom is 0.307 e. The van der Waals surface area contributed by atoms with Crippen LogP contribution in [0.4, 0.5) is 20.2 Å². The number of nitro groups is 1. The highest BCUT2D eigenvalue weighted by Crippen LogP contribution is 2.27. The van der Waals surface area contributed by atoms with Gasteiger partial charge in [0.1, 0.15) is 5.82 Å². The Hall–Kier alpha value is -1.76. The normalized spacial score (nSPS) is 23.6. The average Bonchev–Trinajstić information content (AvgIpc) is 2.36. The third kappa shape index (κ3) is 3.04. The van der Waals surface area contributed by atoms with Crippen molar-refractivity contribution in [2.24, 2.45) is 0 Å². The van der Waals surface area contributed by atoms with E-state index in [9.17, 15) is 18.9 Å². The average molecular weight is 285 g/mol. The molecular weight excluding hydrogens is 268 g/mol. The van der Waals surface area contributed by atoms with E-state index < -0.39 is 22.2 Å². The molecule has 0 bridgehead atoms. The van der Waals surface area contributed by atoms with E-state index in [1.54, 1.807) is 0 Å². The highest BCUT2D eigenvalue weighted by Gasteiger charge is 2.25. The number of anilines is 1. The Morgan fingerprint density at radius 1 is 1.40 bits per heavy atom. The van der Waals surface area contributed by atoms with Crippen molar-refractivity contribution >= 4 is 11.4 Å². The van der Waals surface area contributed by atoms with Crippen LogP contribution in [0.1, 0.15) is 19.8 Å². The number of nitro benzene ring substituents is 1. The van der Waals surface area contributed by atoms with E-state index in [4.69, 9.17) is 0 Å². The van der Waals surface area contributed by atoms with Crippen LogP contribution in [0.15, 0.2) is 12.1 Å². The molecule has 0 spiro atoms. The first-order valence-corrected chi connectivity index (χ1v) is 6.48. The second-order valence-electron chi connectivity index (χ2n) is 5.24. The lowest BCUT2D eigenvalue weighted by Gasteiger charge is -2.35. The molecule has 0 radical (unpaired) electrons. The molecule has 7 heteroatoms. The lowest BCUT2D eigenvalue weighted by molar-refractivity contribution is -0.387. The molecule has 1 heterocycles. The molecule has 110 valence electrons. The third-order valence-electron chi connectivity index (χ3n) is 3.80. The number of piperidine rings is 1. The maximum absolute atomic E-state index is 13.7. The number of nitrogens with zero attached hydrogens (tertiary/aromatic N) is 2. The maximum atomic E-state index is 13.7. The number of hydrogen-bond donors (Lipinski definition) is 1. The first-order valence-electron chi connectivity index (χ1n) is 6.48. The molecule has 2 atom stereocenters. The zero-order valence-electron chi connectivity index (χ0n) is 11.4. The van der Waals surface area contributed by atoms with Gasteiger partial charge in [-0.05, 0) is 26.8 Å². The van der Waals surface area contributed by atoms with Crippen molar-refractivity contribution in [1.82, 2.24) is 4.90 Å². The van der Waals surface area contributed by atoms with Crippen molar-refractivity contribution in [3.63, 3.8) is 0 Å². The Bertz CT molecular complexity index is 525. The van der Waals surface area contributed by atoms with Gasteiger partial charge in [0, 0.05) is 30.8 Å². The van der Waals surface area contributed by atoms with Gasteiger partial charge in [-0.15, -0.1) is 0 Å². The second-order valence-corrected chi connectivity index (χ2v) is 5.24. The summed E-state index contributed by atoms with van der Waals surface area (Å²) in [6.45, 7) is 2.93. The summed E-state index contributed by atoms with van der Waals surface area (Å²) in [5.41, 5.74) is -0.727. The van der Waals surface area contributed by atoms with Gasteiger partial charge in [-0.25, -0.2) is 4.39 Å². The zero-order chi connectivity index (χ0) is 14.9. The van der Waals surface area contributed by atoms with Gasteiger partial charge in [-0.1, -0.05) is 0 Å². The van der Waals surface area contributed by atoms with Gasteiger partial charge in [0.2, 0.25) is 5.82 Å². The van der Waals surface area contributed by atoms with Crippen LogP contribution in [0, 0.1) is 21.7 Å². The largest absolute Gasteiger partial charge is 0.380 e. The molecule has 0 aliphatic carbocycles. The lowest BCUT2D eigenvalue weighted by atomic mass is 9.98. The van der Waals surface area contributed by atoms with Gasteiger partial charge in [0.15, 0.2) is 0 Å². The van der Waals surface area contributed by atoms with Crippen LogP contribution in [0.25, 0.3) is 0 Å². The highest BCUT2D eigenvalue weighted by atomic mass is 19.1. The van der Waals surface area contributed by atoms with Crippen LogP contribution in [0.3, 0.4) is 0 Å². The summed E-state index contributed by atoms with van der Waals surface area (Å²) in [6.07, 6.45) is 1.62. The summed E-state index contributed by atoms with van der Waals surface area (Å²) in [5.74, 6) is -1.96. The molecule has 1 aliphatic rings. The van der Waals surface area contributed by atoms with E-state index in [1.807, 2.05) is 7.05 Å². The molecule has 0 saturated carbocycles. The summed E-state index contributed by atoms with van der Waals surface area (Å²) in [6, 6.07) is 1.85. The minimum absolute atomic E-state index is 0.0140. The van der Waals surface area contributed by atoms with Gasteiger partial charge in [-0.3, -0.25) is 10.1 Å². The summed E-state index contributed by atoms with van der Waals surface area (Å²) in [7, 11) is 2.02. The molecule has 0 aromatic heterocycles. The Morgan fingerprint density at radius 2 is 2.10 bits per heavy atom. The van der Waals surface area contributed by atoms with Crippen LogP contribution in [0.2, 0.25) is 0 Å². The Balaban J connectivity index is 2.17. The molecule has 1 aliphatic heterocycles. The molecule has 2 unspecified atom stereocenters. The van der Waals surface area contributed by atoms with Crippen LogP contribution < -0.4 is 5.32 Å². The molecule has 2 rings (SSSR count). The minimum Gasteiger partial charge on any atom is -0.380 e. The summed E-state index contributed by atoms with van der Waals surface area (Å²) in [4.78, 5) is 12.0. The van der Waals surface area contributed by atoms with Gasteiger partial charge >= 0.3 is 5.69 Å². The first-order chi connectivity index (χ1) is 9.38. The molecule has 1 N–H and O–H groups in total. The Morgan fingerprint density at radius 3 is 2.70 bits per heavy atom. The molecule has 5 nitrogen and oxygen atoms in total. The fraction of sp³-hybridized carbons (Fsp3) is 0.538. The molecule has 1 aromatic carbocycles. The molecule has 1 fully saturated rings. The van der Waals surface area contributed by atoms with Gasteiger partial charge in [-0.2, -0.15) is 4.39 Å². The van der Waals surface area contributed by atoms with E-state index >= 15 is 0 Å². The first kappa shape index (κ1) is 14.6. The van der Waals surface area contributed by atoms with Crippen molar-refractivity contribution < 1.29 is 13.7 Å². The van der Waals surface area contributed by atoms with E-state index in [2.05, 4.69) is 17.1 Å². The summed E-state index contributed by atoms with van der Waals surface area (Å²) >= 11 is 0. The predicted molar refractivity (Wildman–Crippen MR) is 71.7 cm³/mol. The van der Waals surface area contributed by atoms with Crippen molar-refractivity contribution in [1.29, 1.82) is 0 Å². The van der Waals surface area contributed by atoms with E-state index in [-0.39, 0.29) is 11.7 Å². The van der Waals surface area contributed by atoms with Crippen molar-refractivity contribution in [2.75, 3.05) is 18.9 Å². The van der Waals surface area contributed by atoms with Crippen LogP contribution >= 0.6 is 0 Å². The molecule has 20 heavy (non-hydrogen) atoms. The van der Waals surface area contributed by atoms with E-state index in [1.165, 1.54) is 0 Å². The Kier molecular flexibility index (Phi) is 4.17. The fourth-order valence-corrected chi connectivity index (χ4v) is 2.43. The fourth-order valence-electron chi connectivity index (χ4n) is 2.43. The minimum atomic E-state index is -1.16. The standard InChI is InChI=1S/C13H17F2N3O2/c1-8-5-9(3-4-17(8)2)16-12-7-13(18(19)20)11(15)6-10(12)14/h6-9,16H,3-5H2,1-2H3. The predicted octanol–water partition coefficient (Wildman–Crippen LogP) is 2.77. The summed E-state index contributed by atoms with van der Waals surface area (Å²) in [5, 5.41) is 13.6. The number of benzene rings is 1.